The highest BCUT2D eigenvalue weighted by atomic mass is 79.9. The number of nitrogens with one attached hydrogen (secondary N) is 1. The second kappa shape index (κ2) is 10.4. The van der Waals surface area contributed by atoms with Gasteiger partial charge in [0.2, 0.25) is 11.8 Å². The average Bonchev–Trinajstić information content (AvgIpc) is 3.21. The first-order valence-electron chi connectivity index (χ1n) is 9.52. The number of rotatable bonds is 7. The lowest BCUT2D eigenvalue weighted by Gasteiger charge is -2.33. The minimum atomic E-state index is -0.715. The molecular weight excluding hydrogens is 460 g/mol. The van der Waals surface area contributed by atoms with E-state index in [4.69, 9.17) is 11.6 Å². The molecule has 1 heterocycles. The lowest BCUT2D eigenvalue weighted by molar-refractivity contribution is -0.140. The number of benzene rings is 1. The Bertz CT molecular complexity index is 793. The molecule has 0 spiro atoms. The number of thiophene rings is 1. The van der Waals surface area contributed by atoms with Gasteiger partial charge in [0, 0.05) is 15.4 Å². The Kier molecular flexibility index (Phi) is 7.94. The van der Waals surface area contributed by atoms with E-state index in [9.17, 15) is 9.59 Å². The van der Waals surface area contributed by atoms with E-state index in [2.05, 4.69) is 21.2 Å². The van der Waals surface area contributed by atoms with Crippen molar-refractivity contribution in [2.45, 2.75) is 50.7 Å². The zero-order chi connectivity index (χ0) is 19.9. The molecule has 150 valence electrons. The van der Waals surface area contributed by atoms with Gasteiger partial charge in [0.05, 0.1) is 6.54 Å². The van der Waals surface area contributed by atoms with Gasteiger partial charge in [0.1, 0.15) is 11.9 Å². The van der Waals surface area contributed by atoms with Crippen molar-refractivity contribution in [3.05, 3.63) is 56.7 Å². The van der Waals surface area contributed by atoms with E-state index in [1.807, 2.05) is 41.8 Å². The van der Waals surface area contributed by atoms with Gasteiger partial charge in [-0.1, -0.05) is 53.4 Å². The van der Waals surface area contributed by atoms with Crippen LogP contribution in [0.5, 0.6) is 0 Å². The predicted octanol–water partition coefficient (Wildman–Crippen LogP) is 5.27. The second-order valence-electron chi connectivity index (χ2n) is 7.04. The number of halogens is 2. The average molecular weight is 484 g/mol. The van der Waals surface area contributed by atoms with E-state index in [-0.39, 0.29) is 23.7 Å². The molecule has 0 aliphatic heterocycles. The third-order valence-electron chi connectivity index (χ3n) is 5.02. The molecule has 1 N–H and O–H groups in total. The van der Waals surface area contributed by atoms with Crippen LogP contribution in [0.4, 0.5) is 0 Å². The van der Waals surface area contributed by atoms with Gasteiger partial charge in [-0.2, -0.15) is 0 Å². The van der Waals surface area contributed by atoms with Crippen LogP contribution in [0.15, 0.2) is 46.3 Å². The lowest BCUT2D eigenvalue weighted by Crippen LogP contribution is -2.47. The highest BCUT2D eigenvalue weighted by Gasteiger charge is 2.32. The van der Waals surface area contributed by atoms with Gasteiger partial charge in [0.25, 0.3) is 0 Å². The van der Waals surface area contributed by atoms with Crippen LogP contribution in [0.25, 0.3) is 0 Å². The van der Waals surface area contributed by atoms with Crippen molar-refractivity contribution in [2.75, 3.05) is 5.88 Å². The van der Waals surface area contributed by atoms with Gasteiger partial charge in [-0.3, -0.25) is 9.59 Å². The van der Waals surface area contributed by atoms with Crippen LogP contribution in [0.3, 0.4) is 0 Å². The van der Waals surface area contributed by atoms with E-state index in [0.717, 1.165) is 40.6 Å². The molecule has 1 aliphatic rings. The quantitative estimate of drug-likeness (QED) is 0.546. The number of carbonyl (C=O) groups excluding carboxylic acids is 2. The van der Waals surface area contributed by atoms with Crippen molar-refractivity contribution in [3.8, 4) is 0 Å². The van der Waals surface area contributed by atoms with Gasteiger partial charge in [-0.25, -0.2) is 0 Å². The highest BCUT2D eigenvalue weighted by molar-refractivity contribution is 9.10. The summed E-state index contributed by atoms with van der Waals surface area (Å²) >= 11 is 11.0. The lowest BCUT2D eigenvalue weighted by atomic mass is 9.94. The second-order valence-corrected chi connectivity index (χ2v) is 9.25. The molecule has 2 aromatic rings. The zero-order valence-electron chi connectivity index (χ0n) is 15.6. The third kappa shape index (κ3) is 5.58. The molecule has 3 rings (SSSR count). The van der Waals surface area contributed by atoms with E-state index in [1.54, 1.807) is 16.2 Å². The normalized spacial score (nSPS) is 15.8. The smallest absolute Gasteiger partial charge is 0.247 e. The van der Waals surface area contributed by atoms with Crippen molar-refractivity contribution < 1.29 is 9.59 Å². The molecule has 1 aliphatic carbocycles. The van der Waals surface area contributed by atoms with Crippen molar-refractivity contribution in [3.63, 3.8) is 0 Å². The molecule has 0 radical (unpaired) electrons. The predicted molar refractivity (Wildman–Crippen MR) is 117 cm³/mol. The minimum Gasteiger partial charge on any atom is -0.351 e. The Morgan fingerprint density at radius 3 is 2.64 bits per heavy atom. The number of nitrogens with zero attached hydrogens (tertiary/aromatic N) is 1. The standard InChI is InChI=1S/C21H24BrClN2O2S/c22-16-7-4-6-15(12-16)20(21(27)24-17-8-2-1-3-9-17)25(19(26)13-23)14-18-10-5-11-28-18/h4-7,10-12,17,20H,1-3,8-9,13-14H2,(H,24,27)/t20-/m0/s1. The molecule has 4 nitrogen and oxygen atoms in total. The van der Waals surface area contributed by atoms with Crippen molar-refractivity contribution in [1.82, 2.24) is 10.2 Å². The first kappa shape index (κ1) is 21.3. The molecule has 0 saturated heterocycles. The van der Waals surface area contributed by atoms with Crippen LogP contribution in [0, 0.1) is 0 Å². The van der Waals surface area contributed by atoms with E-state index >= 15 is 0 Å². The maximum absolute atomic E-state index is 13.4. The maximum Gasteiger partial charge on any atom is 0.247 e. The Labute approximate surface area is 183 Å². The zero-order valence-corrected chi connectivity index (χ0v) is 18.7. The monoisotopic (exact) mass is 482 g/mol. The number of alkyl halides is 1. The third-order valence-corrected chi connectivity index (χ3v) is 6.60. The summed E-state index contributed by atoms with van der Waals surface area (Å²) in [6, 6.07) is 10.9. The van der Waals surface area contributed by atoms with E-state index < -0.39 is 6.04 Å². The molecule has 28 heavy (non-hydrogen) atoms. The fraction of sp³-hybridized carbons (Fsp3) is 0.429. The molecular formula is C21H24BrClN2O2S. The van der Waals surface area contributed by atoms with Crippen LogP contribution in [-0.2, 0) is 16.1 Å². The molecule has 1 saturated carbocycles. The van der Waals surface area contributed by atoms with Gasteiger partial charge < -0.3 is 10.2 Å². The molecule has 1 aromatic heterocycles. The fourth-order valence-electron chi connectivity index (χ4n) is 3.65. The highest BCUT2D eigenvalue weighted by Crippen LogP contribution is 2.28. The summed E-state index contributed by atoms with van der Waals surface area (Å²) in [5.41, 5.74) is 0.776. The summed E-state index contributed by atoms with van der Waals surface area (Å²) in [6.45, 7) is 0.360. The van der Waals surface area contributed by atoms with Crippen molar-refractivity contribution >= 4 is 50.7 Å². The van der Waals surface area contributed by atoms with Gasteiger partial charge in [0.15, 0.2) is 0 Å². The first-order chi connectivity index (χ1) is 13.6. The number of hydrogen-bond acceptors (Lipinski definition) is 3. The molecule has 0 unspecified atom stereocenters. The number of hydrogen-bond donors (Lipinski definition) is 1. The molecule has 7 heteroatoms. The van der Waals surface area contributed by atoms with Gasteiger partial charge in [-0.05, 0) is 42.0 Å². The Balaban J connectivity index is 1.92. The molecule has 1 fully saturated rings. The minimum absolute atomic E-state index is 0.139. The molecule has 1 aromatic carbocycles. The Morgan fingerprint density at radius 1 is 1.21 bits per heavy atom. The van der Waals surface area contributed by atoms with Crippen LogP contribution in [0.1, 0.15) is 48.6 Å². The summed E-state index contributed by atoms with van der Waals surface area (Å²) in [6.07, 6.45) is 5.46. The maximum atomic E-state index is 13.4. The molecule has 0 bridgehead atoms. The van der Waals surface area contributed by atoms with E-state index in [1.165, 1.54) is 6.42 Å². The first-order valence-corrected chi connectivity index (χ1v) is 11.7. The van der Waals surface area contributed by atoms with Crippen molar-refractivity contribution in [1.29, 1.82) is 0 Å². The topological polar surface area (TPSA) is 49.4 Å². The SMILES string of the molecule is O=C(NC1CCCCC1)[C@H](c1cccc(Br)c1)N(Cc1cccs1)C(=O)CCl. The number of amides is 2. The molecule has 1 atom stereocenters. The summed E-state index contributed by atoms with van der Waals surface area (Å²) in [5.74, 6) is -0.550. The Hall–Kier alpha value is -1.37. The van der Waals surface area contributed by atoms with Gasteiger partial charge >= 0.3 is 0 Å². The van der Waals surface area contributed by atoms with Crippen LogP contribution in [0.2, 0.25) is 0 Å². The Morgan fingerprint density at radius 2 is 2.00 bits per heavy atom. The van der Waals surface area contributed by atoms with Gasteiger partial charge in [-0.15, -0.1) is 22.9 Å². The van der Waals surface area contributed by atoms with Crippen molar-refractivity contribution in [2.24, 2.45) is 0 Å². The van der Waals surface area contributed by atoms with Crippen LogP contribution in [-0.4, -0.2) is 28.6 Å². The van der Waals surface area contributed by atoms with Crippen LogP contribution < -0.4 is 5.32 Å². The fourth-order valence-corrected chi connectivity index (χ4v) is 4.92. The largest absolute Gasteiger partial charge is 0.351 e. The summed E-state index contributed by atoms with van der Waals surface area (Å²) in [5, 5.41) is 5.16. The van der Waals surface area contributed by atoms with Crippen LogP contribution >= 0.6 is 38.9 Å². The summed E-state index contributed by atoms with van der Waals surface area (Å²) < 4.78 is 0.870. The summed E-state index contributed by atoms with van der Waals surface area (Å²) in [4.78, 5) is 28.7. The molecule has 2 amide bonds. The van der Waals surface area contributed by atoms with E-state index in [0.29, 0.717) is 6.54 Å². The number of carbonyl (C=O) groups is 2. The summed E-state index contributed by atoms with van der Waals surface area (Å²) in [7, 11) is 0.